The topological polar surface area (TPSA) is 96.0 Å². The minimum absolute atomic E-state index is 0.00282. The Morgan fingerprint density at radius 3 is 2.46 bits per heavy atom. The lowest BCUT2D eigenvalue weighted by molar-refractivity contribution is 0.0730. The van der Waals surface area contributed by atoms with E-state index < -0.39 is 20.0 Å². The molecular formula is C18H27N3O5S2. The van der Waals surface area contributed by atoms with E-state index in [2.05, 4.69) is 4.72 Å². The number of ether oxygens (including phenoxy) is 1. The van der Waals surface area contributed by atoms with E-state index in [1.54, 1.807) is 6.07 Å². The van der Waals surface area contributed by atoms with Crippen molar-refractivity contribution >= 4 is 25.7 Å². The van der Waals surface area contributed by atoms with Crippen LogP contribution in [0.1, 0.15) is 32.1 Å². The molecule has 1 aromatic rings. The molecule has 1 saturated heterocycles. The third kappa shape index (κ3) is 3.56. The number of morpholine rings is 1. The van der Waals surface area contributed by atoms with Gasteiger partial charge in [0.25, 0.3) is 0 Å². The number of nitrogens with zero attached hydrogens (tertiary/aromatic N) is 2. The van der Waals surface area contributed by atoms with Crippen LogP contribution < -0.4 is 9.62 Å². The minimum atomic E-state index is -3.79. The number of nitrogens with one attached hydrogen (secondary N) is 1. The number of fused-ring (bicyclic) bond motifs is 1. The van der Waals surface area contributed by atoms with Gasteiger partial charge in [-0.1, -0.05) is 19.3 Å². The normalized spacial score (nSPS) is 26.8. The summed E-state index contributed by atoms with van der Waals surface area (Å²) in [5.74, 6) is 0.262. The van der Waals surface area contributed by atoms with Crippen molar-refractivity contribution in [3.63, 3.8) is 0 Å². The average molecular weight is 430 g/mol. The van der Waals surface area contributed by atoms with Crippen LogP contribution in [-0.2, 0) is 24.8 Å². The van der Waals surface area contributed by atoms with Gasteiger partial charge in [0.15, 0.2) is 0 Å². The van der Waals surface area contributed by atoms with Gasteiger partial charge in [0.1, 0.15) is 4.90 Å². The van der Waals surface area contributed by atoms with E-state index in [0.717, 1.165) is 25.7 Å². The van der Waals surface area contributed by atoms with Crippen molar-refractivity contribution in [3.05, 3.63) is 18.2 Å². The highest BCUT2D eigenvalue weighted by Gasteiger charge is 2.39. The van der Waals surface area contributed by atoms with Gasteiger partial charge < -0.3 is 9.64 Å². The van der Waals surface area contributed by atoms with E-state index in [4.69, 9.17) is 4.74 Å². The Hall–Kier alpha value is -1.20. The molecule has 4 rings (SSSR count). The van der Waals surface area contributed by atoms with Gasteiger partial charge in [-0.05, 0) is 37.0 Å². The first kappa shape index (κ1) is 20.1. The fourth-order valence-electron chi connectivity index (χ4n) is 4.41. The zero-order valence-corrected chi connectivity index (χ0v) is 17.6. The molecule has 1 saturated carbocycles. The number of benzene rings is 1. The van der Waals surface area contributed by atoms with Gasteiger partial charge in [0.2, 0.25) is 20.0 Å². The number of anilines is 1. The molecule has 1 aliphatic carbocycles. The number of hydrogen-bond donors (Lipinski definition) is 1. The lowest BCUT2D eigenvalue weighted by Gasteiger charge is -2.42. The van der Waals surface area contributed by atoms with Crippen molar-refractivity contribution in [2.75, 3.05) is 38.3 Å². The molecule has 1 atom stereocenters. The Kier molecular flexibility index (Phi) is 5.43. The van der Waals surface area contributed by atoms with Gasteiger partial charge in [-0.15, -0.1) is 0 Å². The first-order valence-corrected chi connectivity index (χ1v) is 12.7. The summed E-state index contributed by atoms with van der Waals surface area (Å²) >= 11 is 0. The molecule has 2 aliphatic heterocycles. The number of sulfonamides is 2. The molecule has 8 nitrogen and oxygen atoms in total. The lowest BCUT2D eigenvalue weighted by Crippen LogP contribution is -2.55. The quantitative estimate of drug-likeness (QED) is 0.779. The molecule has 0 amide bonds. The molecule has 28 heavy (non-hydrogen) atoms. The minimum Gasteiger partial charge on any atom is -0.379 e. The largest absolute Gasteiger partial charge is 0.379 e. The Morgan fingerprint density at radius 1 is 1.11 bits per heavy atom. The van der Waals surface area contributed by atoms with Crippen molar-refractivity contribution in [1.82, 2.24) is 9.03 Å². The molecule has 156 valence electrons. The second-order valence-electron chi connectivity index (χ2n) is 7.72. The van der Waals surface area contributed by atoms with Crippen molar-refractivity contribution in [2.24, 2.45) is 5.92 Å². The maximum Gasteiger partial charge on any atom is 0.244 e. The SMILES string of the molecule is CN1c2ccc(S(=O)(=O)N3CCOCC3)cc2S(=O)(=O)NC1C1CCCCC1. The Labute approximate surface area is 166 Å². The molecule has 1 unspecified atom stereocenters. The third-order valence-corrected chi connectivity index (χ3v) is 9.35. The predicted octanol–water partition coefficient (Wildman–Crippen LogP) is 1.34. The molecule has 0 spiro atoms. The molecular weight excluding hydrogens is 402 g/mol. The second-order valence-corrected chi connectivity index (χ2v) is 11.3. The summed E-state index contributed by atoms with van der Waals surface area (Å²) in [6.07, 6.45) is 5.12. The third-order valence-electron chi connectivity index (χ3n) is 6.00. The van der Waals surface area contributed by atoms with E-state index in [1.165, 1.54) is 22.9 Å². The van der Waals surface area contributed by atoms with Gasteiger partial charge in [-0.2, -0.15) is 9.03 Å². The maximum absolute atomic E-state index is 13.0. The summed E-state index contributed by atoms with van der Waals surface area (Å²) in [5.41, 5.74) is 0.551. The van der Waals surface area contributed by atoms with Crippen LogP contribution in [0.4, 0.5) is 5.69 Å². The van der Waals surface area contributed by atoms with Crippen molar-refractivity contribution in [1.29, 1.82) is 0 Å². The van der Waals surface area contributed by atoms with Gasteiger partial charge in [0, 0.05) is 20.1 Å². The summed E-state index contributed by atoms with van der Waals surface area (Å²) in [6, 6.07) is 4.42. The van der Waals surface area contributed by atoms with Crippen LogP contribution in [0.2, 0.25) is 0 Å². The highest BCUT2D eigenvalue weighted by molar-refractivity contribution is 7.90. The standard InChI is InChI=1S/C18H27N3O5S2/c1-20-16-8-7-15(28(24,25)21-9-11-26-12-10-21)13-17(16)27(22,23)19-18(20)14-5-3-2-4-6-14/h7-8,13-14,18-19H,2-6,9-12H2,1H3. The van der Waals surface area contributed by atoms with E-state index in [0.29, 0.717) is 18.9 Å². The van der Waals surface area contributed by atoms with E-state index >= 15 is 0 Å². The highest BCUT2D eigenvalue weighted by Crippen LogP contribution is 2.37. The van der Waals surface area contributed by atoms with E-state index in [1.807, 2.05) is 11.9 Å². The summed E-state index contributed by atoms with van der Waals surface area (Å²) in [6.45, 7) is 1.23. The zero-order valence-electron chi connectivity index (χ0n) is 16.0. The van der Waals surface area contributed by atoms with Crippen molar-refractivity contribution < 1.29 is 21.6 Å². The molecule has 10 heteroatoms. The monoisotopic (exact) mass is 429 g/mol. The Balaban J connectivity index is 1.69. The molecule has 1 aromatic carbocycles. The van der Waals surface area contributed by atoms with E-state index in [-0.39, 0.29) is 35.0 Å². The molecule has 1 N–H and O–H groups in total. The van der Waals surface area contributed by atoms with Crippen molar-refractivity contribution in [3.8, 4) is 0 Å². The molecule has 0 radical (unpaired) electrons. The first-order chi connectivity index (χ1) is 13.3. The maximum atomic E-state index is 13.0. The lowest BCUT2D eigenvalue weighted by atomic mass is 9.86. The fourth-order valence-corrected chi connectivity index (χ4v) is 7.49. The zero-order chi connectivity index (χ0) is 19.9. The van der Waals surface area contributed by atoms with Crippen LogP contribution in [0.25, 0.3) is 0 Å². The smallest absolute Gasteiger partial charge is 0.244 e. The molecule has 2 heterocycles. The molecule has 0 aromatic heterocycles. The number of rotatable bonds is 3. The summed E-state index contributed by atoms with van der Waals surface area (Å²) < 4.78 is 61.1. The molecule has 3 aliphatic rings. The van der Waals surface area contributed by atoms with E-state index in [9.17, 15) is 16.8 Å². The van der Waals surface area contributed by atoms with Crippen LogP contribution in [0, 0.1) is 5.92 Å². The Bertz CT molecular complexity index is 936. The van der Waals surface area contributed by atoms with Gasteiger partial charge >= 0.3 is 0 Å². The summed E-state index contributed by atoms with van der Waals surface area (Å²) in [5, 5.41) is 0. The van der Waals surface area contributed by atoms with Gasteiger partial charge in [0.05, 0.1) is 30.0 Å². The van der Waals surface area contributed by atoms with Crippen LogP contribution in [0.5, 0.6) is 0 Å². The van der Waals surface area contributed by atoms with Crippen LogP contribution >= 0.6 is 0 Å². The van der Waals surface area contributed by atoms with Crippen LogP contribution in [0.15, 0.2) is 28.0 Å². The predicted molar refractivity (Wildman–Crippen MR) is 105 cm³/mol. The van der Waals surface area contributed by atoms with Crippen molar-refractivity contribution in [2.45, 2.75) is 48.1 Å². The highest BCUT2D eigenvalue weighted by atomic mass is 32.2. The van der Waals surface area contributed by atoms with Crippen LogP contribution in [-0.4, -0.2) is 60.7 Å². The molecule has 2 fully saturated rings. The molecule has 0 bridgehead atoms. The van der Waals surface area contributed by atoms with Crippen LogP contribution in [0.3, 0.4) is 0 Å². The first-order valence-electron chi connectivity index (χ1n) is 9.78. The van der Waals surface area contributed by atoms with Gasteiger partial charge in [-0.25, -0.2) is 16.8 Å². The number of hydrogen-bond acceptors (Lipinski definition) is 6. The summed E-state index contributed by atoms with van der Waals surface area (Å²) in [7, 11) is -5.67. The average Bonchev–Trinajstić information content (AvgIpc) is 2.72. The Morgan fingerprint density at radius 2 is 1.79 bits per heavy atom. The fraction of sp³-hybridized carbons (Fsp3) is 0.667. The van der Waals surface area contributed by atoms with Gasteiger partial charge in [-0.3, -0.25) is 0 Å². The second kappa shape index (κ2) is 7.56. The summed E-state index contributed by atoms with van der Waals surface area (Å²) in [4.78, 5) is 1.97.